The number of benzene rings is 1. The van der Waals surface area contributed by atoms with Gasteiger partial charge in [-0.05, 0) is 24.3 Å². The van der Waals surface area contributed by atoms with Crippen molar-refractivity contribution in [3.8, 4) is 5.75 Å². The van der Waals surface area contributed by atoms with Crippen LogP contribution in [0.3, 0.4) is 0 Å². The highest BCUT2D eigenvalue weighted by atomic mass is 19.1. The van der Waals surface area contributed by atoms with Gasteiger partial charge in [0.05, 0.1) is 18.5 Å². The van der Waals surface area contributed by atoms with Gasteiger partial charge in [-0.15, -0.1) is 0 Å². The molecule has 2 aromatic rings. The van der Waals surface area contributed by atoms with Crippen LogP contribution in [0.15, 0.2) is 30.3 Å². The standard InChI is InChI=1S/C13H13FN4O2/c1-20-11-6-7(14)2-4-9(11)17-13-8(15)3-5-10(18-13)12(16)19/h2-6H,15H2,1H3,(H2,16,19)(H,17,18). The van der Waals surface area contributed by atoms with Gasteiger partial charge in [0.1, 0.15) is 17.3 Å². The normalized spacial score (nSPS) is 10.1. The Balaban J connectivity index is 2.39. The second-order valence-corrected chi connectivity index (χ2v) is 3.97. The van der Waals surface area contributed by atoms with Crippen molar-refractivity contribution in [2.24, 2.45) is 5.73 Å². The van der Waals surface area contributed by atoms with E-state index in [-0.39, 0.29) is 17.3 Å². The summed E-state index contributed by atoms with van der Waals surface area (Å²) >= 11 is 0. The molecule has 0 radical (unpaired) electrons. The molecule has 5 N–H and O–H groups in total. The number of nitrogen functional groups attached to an aromatic ring is 1. The number of carbonyl (C=O) groups is 1. The number of ether oxygens (including phenoxy) is 1. The Hall–Kier alpha value is -2.83. The van der Waals surface area contributed by atoms with Crippen LogP contribution in [0.2, 0.25) is 0 Å². The number of primary amides is 1. The maximum Gasteiger partial charge on any atom is 0.267 e. The summed E-state index contributed by atoms with van der Waals surface area (Å²) in [6.07, 6.45) is 0. The summed E-state index contributed by atoms with van der Waals surface area (Å²) in [7, 11) is 1.41. The molecule has 0 aliphatic heterocycles. The number of rotatable bonds is 4. The van der Waals surface area contributed by atoms with Gasteiger partial charge >= 0.3 is 0 Å². The van der Waals surface area contributed by atoms with Crippen molar-refractivity contribution in [3.05, 3.63) is 41.8 Å². The minimum atomic E-state index is -0.667. The maximum atomic E-state index is 13.1. The Bertz CT molecular complexity index is 661. The molecule has 0 spiro atoms. The van der Waals surface area contributed by atoms with Crippen molar-refractivity contribution in [2.75, 3.05) is 18.2 Å². The number of hydrogen-bond donors (Lipinski definition) is 3. The first-order valence-electron chi connectivity index (χ1n) is 5.68. The van der Waals surface area contributed by atoms with Crippen molar-refractivity contribution in [1.82, 2.24) is 4.98 Å². The molecule has 0 aliphatic rings. The van der Waals surface area contributed by atoms with Crippen molar-refractivity contribution in [3.63, 3.8) is 0 Å². The van der Waals surface area contributed by atoms with E-state index in [9.17, 15) is 9.18 Å². The summed E-state index contributed by atoms with van der Waals surface area (Å²) in [5.41, 5.74) is 11.8. The molecule has 1 aromatic heterocycles. The second kappa shape index (κ2) is 5.43. The number of pyridine rings is 1. The third kappa shape index (κ3) is 2.77. The lowest BCUT2D eigenvalue weighted by atomic mass is 10.2. The van der Waals surface area contributed by atoms with Crippen molar-refractivity contribution >= 4 is 23.1 Å². The number of anilines is 3. The fourth-order valence-corrected chi connectivity index (χ4v) is 1.60. The van der Waals surface area contributed by atoms with Crippen LogP contribution < -0.4 is 21.5 Å². The van der Waals surface area contributed by atoms with E-state index in [2.05, 4.69) is 10.3 Å². The highest BCUT2D eigenvalue weighted by molar-refractivity contribution is 5.92. The number of halogens is 1. The van der Waals surface area contributed by atoms with E-state index in [1.54, 1.807) is 0 Å². The molecule has 2 rings (SSSR count). The average molecular weight is 276 g/mol. The molecule has 20 heavy (non-hydrogen) atoms. The first-order valence-corrected chi connectivity index (χ1v) is 5.68. The quantitative estimate of drug-likeness (QED) is 0.787. The molecule has 0 unspecified atom stereocenters. The Morgan fingerprint density at radius 1 is 1.35 bits per heavy atom. The van der Waals surface area contributed by atoms with Gasteiger partial charge in [-0.1, -0.05) is 0 Å². The van der Waals surface area contributed by atoms with Crippen LogP contribution in [0.25, 0.3) is 0 Å². The predicted molar refractivity (Wildman–Crippen MR) is 73.4 cm³/mol. The van der Waals surface area contributed by atoms with Crippen LogP contribution in [-0.4, -0.2) is 18.0 Å². The molecular formula is C13H13FN4O2. The van der Waals surface area contributed by atoms with Crippen LogP contribution in [-0.2, 0) is 0 Å². The molecular weight excluding hydrogens is 263 g/mol. The minimum Gasteiger partial charge on any atom is -0.494 e. The van der Waals surface area contributed by atoms with Crippen LogP contribution in [0.1, 0.15) is 10.5 Å². The lowest BCUT2D eigenvalue weighted by Crippen LogP contribution is -2.14. The topological polar surface area (TPSA) is 103 Å². The molecule has 1 heterocycles. The summed E-state index contributed by atoms with van der Waals surface area (Å²) in [4.78, 5) is 15.1. The number of aromatic nitrogens is 1. The third-order valence-electron chi connectivity index (χ3n) is 2.60. The molecule has 0 atom stereocenters. The van der Waals surface area contributed by atoms with Gasteiger partial charge in [-0.25, -0.2) is 9.37 Å². The summed E-state index contributed by atoms with van der Waals surface area (Å²) < 4.78 is 18.2. The number of nitrogens with two attached hydrogens (primary N) is 2. The minimum absolute atomic E-state index is 0.0720. The summed E-state index contributed by atoms with van der Waals surface area (Å²) in [6.45, 7) is 0. The summed E-state index contributed by atoms with van der Waals surface area (Å²) in [5, 5.41) is 2.88. The van der Waals surface area contributed by atoms with Gasteiger partial charge in [0.25, 0.3) is 5.91 Å². The third-order valence-corrected chi connectivity index (χ3v) is 2.60. The largest absolute Gasteiger partial charge is 0.494 e. The molecule has 1 aromatic carbocycles. The van der Waals surface area contributed by atoms with E-state index in [1.807, 2.05) is 0 Å². The van der Waals surface area contributed by atoms with Gasteiger partial charge in [-0.3, -0.25) is 4.79 Å². The number of methoxy groups -OCH3 is 1. The zero-order chi connectivity index (χ0) is 14.7. The number of amides is 1. The van der Waals surface area contributed by atoms with E-state index in [4.69, 9.17) is 16.2 Å². The number of carbonyl (C=O) groups excluding carboxylic acids is 1. The summed E-state index contributed by atoms with van der Waals surface area (Å²) in [6, 6.07) is 6.89. The zero-order valence-electron chi connectivity index (χ0n) is 10.7. The number of hydrogen-bond acceptors (Lipinski definition) is 5. The fourth-order valence-electron chi connectivity index (χ4n) is 1.60. The van der Waals surface area contributed by atoms with Gasteiger partial charge in [0.15, 0.2) is 5.82 Å². The first kappa shape index (κ1) is 13.6. The Kier molecular flexibility index (Phi) is 3.69. The van der Waals surface area contributed by atoms with E-state index >= 15 is 0 Å². The van der Waals surface area contributed by atoms with E-state index < -0.39 is 11.7 Å². The summed E-state index contributed by atoms with van der Waals surface area (Å²) in [5.74, 6) is -0.569. The van der Waals surface area contributed by atoms with Crippen molar-refractivity contribution in [2.45, 2.75) is 0 Å². The number of nitrogens with one attached hydrogen (secondary N) is 1. The molecule has 1 amide bonds. The molecule has 0 fully saturated rings. The smallest absolute Gasteiger partial charge is 0.267 e. The fraction of sp³-hybridized carbons (Fsp3) is 0.0769. The Morgan fingerprint density at radius 3 is 2.75 bits per heavy atom. The molecule has 7 heteroatoms. The van der Waals surface area contributed by atoms with Crippen LogP contribution >= 0.6 is 0 Å². The van der Waals surface area contributed by atoms with Crippen LogP contribution in [0, 0.1) is 5.82 Å². The highest BCUT2D eigenvalue weighted by Gasteiger charge is 2.10. The lowest BCUT2D eigenvalue weighted by Gasteiger charge is -2.12. The van der Waals surface area contributed by atoms with Gasteiger partial charge < -0.3 is 21.5 Å². The van der Waals surface area contributed by atoms with E-state index in [0.717, 1.165) is 0 Å². The molecule has 6 nitrogen and oxygen atoms in total. The monoisotopic (exact) mass is 276 g/mol. The molecule has 0 bridgehead atoms. The molecule has 104 valence electrons. The molecule has 0 saturated carbocycles. The first-order chi connectivity index (χ1) is 9.51. The Labute approximate surface area is 114 Å². The van der Waals surface area contributed by atoms with Crippen molar-refractivity contribution < 1.29 is 13.9 Å². The van der Waals surface area contributed by atoms with Gasteiger partial charge in [-0.2, -0.15) is 0 Å². The SMILES string of the molecule is COc1cc(F)ccc1Nc1nc(C(N)=O)ccc1N. The Morgan fingerprint density at radius 2 is 2.10 bits per heavy atom. The van der Waals surface area contributed by atoms with E-state index in [0.29, 0.717) is 11.4 Å². The highest BCUT2D eigenvalue weighted by Crippen LogP contribution is 2.29. The van der Waals surface area contributed by atoms with Gasteiger partial charge in [0, 0.05) is 6.07 Å². The molecule has 0 aliphatic carbocycles. The van der Waals surface area contributed by atoms with Crippen molar-refractivity contribution in [1.29, 1.82) is 0 Å². The predicted octanol–water partition coefficient (Wildman–Crippen LogP) is 1.65. The average Bonchev–Trinajstić information content (AvgIpc) is 2.42. The van der Waals surface area contributed by atoms with E-state index in [1.165, 1.54) is 37.4 Å². The zero-order valence-corrected chi connectivity index (χ0v) is 10.7. The van der Waals surface area contributed by atoms with Crippen LogP contribution in [0.4, 0.5) is 21.6 Å². The maximum absolute atomic E-state index is 13.1. The molecule has 0 saturated heterocycles. The lowest BCUT2D eigenvalue weighted by molar-refractivity contribution is 0.0996. The number of nitrogens with zero attached hydrogens (tertiary/aromatic N) is 1. The van der Waals surface area contributed by atoms with Crippen LogP contribution in [0.5, 0.6) is 5.75 Å². The second-order valence-electron chi connectivity index (χ2n) is 3.97. The van der Waals surface area contributed by atoms with Gasteiger partial charge in [0.2, 0.25) is 0 Å².